The molecule has 0 spiro atoms. The molecular weight excluding hydrogens is 286 g/mol. The maximum Gasteiger partial charge on any atom is 0.250 e. The third kappa shape index (κ3) is 3.45. The minimum atomic E-state index is -0.635. The Bertz CT molecular complexity index is 641. The summed E-state index contributed by atoms with van der Waals surface area (Å²) in [7, 11) is 0. The van der Waals surface area contributed by atoms with Crippen molar-refractivity contribution in [2.75, 3.05) is 5.32 Å². The van der Waals surface area contributed by atoms with Crippen molar-refractivity contribution in [3.63, 3.8) is 0 Å². The number of anilines is 1. The molecule has 0 saturated carbocycles. The van der Waals surface area contributed by atoms with Crippen LogP contribution in [0.4, 0.5) is 14.5 Å². The monoisotopic (exact) mass is 296 g/mol. The highest BCUT2D eigenvalue weighted by atomic mass is 35.5. The fraction of sp³-hybridized carbons (Fsp3) is 0.0714. The Balaban J connectivity index is 2.11. The van der Waals surface area contributed by atoms with Gasteiger partial charge in [-0.2, -0.15) is 0 Å². The van der Waals surface area contributed by atoms with E-state index in [0.29, 0.717) is 11.3 Å². The van der Waals surface area contributed by atoms with Crippen LogP contribution in [0.25, 0.3) is 0 Å². The molecule has 0 atom stereocenters. The van der Waals surface area contributed by atoms with Gasteiger partial charge in [-0.15, -0.1) is 0 Å². The van der Waals surface area contributed by atoms with Crippen molar-refractivity contribution in [3.8, 4) is 0 Å². The van der Waals surface area contributed by atoms with Crippen LogP contribution in [0.15, 0.2) is 36.4 Å². The first kappa shape index (κ1) is 14.3. The number of carbonyl (C=O) groups is 1. The van der Waals surface area contributed by atoms with E-state index in [1.165, 1.54) is 24.3 Å². The number of carbonyl (C=O) groups excluding carboxylic acids is 1. The molecule has 0 saturated heterocycles. The number of nitrogens with two attached hydrogens (primary N) is 1. The fourth-order valence-corrected chi connectivity index (χ4v) is 2.02. The molecule has 0 bridgehead atoms. The Morgan fingerprint density at radius 1 is 1.15 bits per heavy atom. The smallest absolute Gasteiger partial charge is 0.250 e. The Morgan fingerprint density at radius 3 is 2.35 bits per heavy atom. The van der Waals surface area contributed by atoms with Crippen molar-refractivity contribution in [2.45, 2.75) is 6.54 Å². The van der Waals surface area contributed by atoms with Crippen molar-refractivity contribution in [3.05, 3.63) is 64.2 Å². The Labute approximate surface area is 119 Å². The van der Waals surface area contributed by atoms with E-state index in [9.17, 15) is 13.6 Å². The minimum absolute atomic E-state index is 0.216. The topological polar surface area (TPSA) is 55.1 Å². The van der Waals surface area contributed by atoms with Gasteiger partial charge in [0.1, 0.15) is 11.6 Å². The highest BCUT2D eigenvalue weighted by Crippen LogP contribution is 2.21. The molecule has 0 fully saturated rings. The number of hydrogen-bond acceptors (Lipinski definition) is 2. The summed E-state index contributed by atoms with van der Waals surface area (Å²) in [6.45, 7) is 0.223. The molecule has 2 rings (SSSR count). The molecule has 3 nitrogen and oxygen atoms in total. The summed E-state index contributed by atoms with van der Waals surface area (Å²) in [6, 6.07) is 7.89. The lowest BCUT2D eigenvalue weighted by molar-refractivity contribution is 0.100. The van der Waals surface area contributed by atoms with Crippen LogP contribution in [-0.2, 0) is 6.54 Å². The molecule has 6 heteroatoms. The molecule has 0 aliphatic heterocycles. The number of nitrogens with one attached hydrogen (secondary N) is 1. The summed E-state index contributed by atoms with van der Waals surface area (Å²) in [5.41, 5.74) is 6.42. The minimum Gasteiger partial charge on any atom is -0.381 e. The lowest BCUT2D eigenvalue weighted by atomic mass is 10.1. The van der Waals surface area contributed by atoms with Crippen LogP contribution in [0.1, 0.15) is 15.9 Å². The largest absolute Gasteiger partial charge is 0.381 e. The SMILES string of the molecule is NC(=O)c1ccc(NCc2cc(F)cc(F)c2)cc1Cl. The average Bonchev–Trinajstić information content (AvgIpc) is 2.35. The number of hydrogen-bond donors (Lipinski definition) is 2. The van der Waals surface area contributed by atoms with E-state index in [2.05, 4.69) is 5.32 Å². The fourth-order valence-electron chi connectivity index (χ4n) is 1.74. The molecule has 0 radical (unpaired) electrons. The van der Waals surface area contributed by atoms with Crippen LogP contribution in [-0.4, -0.2) is 5.91 Å². The number of primary amides is 1. The van der Waals surface area contributed by atoms with Crippen molar-refractivity contribution in [2.24, 2.45) is 5.73 Å². The Hall–Kier alpha value is -2.14. The van der Waals surface area contributed by atoms with E-state index in [-0.39, 0.29) is 17.1 Å². The summed E-state index contributed by atoms with van der Waals surface area (Å²) < 4.78 is 26.0. The third-order valence-electron chi connectivity index (χ3n) is 2.65. The van der Waals surface area contributed by atoms with Crippen molar-refractivity contribution in [1.29, 1.82) is 0 Å². The standard InChI is InChI=1S/C14H11ClF2N2O/c15-13-6-11(1-2-12(13)14(18)20)19-7-8-3-9(16)5-10(17)4-8/h1-6,19H,7H2,(H2,18,20). The van der Waals surface area contributed by atoms with Gasteiger partial charge in [0.25, 0.3) is 0 Å². The Kier molecular flexibility index (Phi) is 4.20. The van der Waals surface area contributed by atoms with Gasteiger partial charge in [0.2, 0.25) is 5.91 Å². The van der Waals surface area contributed by atoms with Crippen molar-refractivity contribution < 1.29 is 13.6 Å². The van der Waals surface area contributed by atoms with E-state index >= 15 is 0 Å². The van der Waals surface area contributed by atoms with Gasteiger partial charge in [-0.3, -0.25) is 4.79 Å². The first-order chi connectivity index (χ1) is 9.45. The van der Waals surface area contributed by atoms with Crippen LogP contribution in [0.3, 0.4) is 0 Å². The first-order valence-corrected chi connectivity index (χ1v) is 6.11. The maximum atomic E-state index is 13.0. The Morgan fingerprint density at radius 2 is 1.80 bits per heavy atom. The maximum absolute atomic E-state index is 13.0. The molecular formula is C14H11ClF2N2O. The van der Waals surface area contributed by atoms with Gasteiger partial charge in [-0.25, -0.2) is 8.78 Å². The molecule has 1 amide bonds. The number of halogens is 3. The molecule has 0 heterocycles. The predicted octanol–water partition coefficient (Wildman–Crippen LogP) is 3.33. The first-order valence-electron chi connectivity index (χ1n) is 5.74. The van der Waals surface area contributed by atoms with Gasteiger partial charge in [-0.1, -0.05) is 11.6 Å². The normalized spacial score (nSPS) is 10.3. The van der Waals surface area contributed by atoms with Gasteiger partial charge < -0.3 is 11.1 Å². The van der Waals surface area contributed by atoms with E-state index in [4.69, 9.17) is 17.3 Å². The summed E-state index contributed by atoms with van der Waals surface area (Å²) in [5, 5.41) is 3.17. The quantitative estimate of drug-likeness (QED) is 0.909. The van der Waals surface area contributed by atoms with Gasteiger partial charge in [-0.05, 0) is 35.9 Å². The molecule has 20 heavy (non-hydrogen) atoms. The zero-order chi connectivity index (χ0) is 14.7. The van der Waals surface area contributed by atoms with Gasteiger partial charge in [0, 0.05) is 18.3 Å². The summed E-state index contributed by atoms with van der Waals surface area (Å²) >= 11 is 5.90. The molecule has 2 aromatic rings. The third-order valence-corrected chi connectivity index (χ3v) is 2.97. The van der Waals surface area contributed by atoms with Gasteiger partial charge in [0.15, 0.2) is 0 Å². The van der Waals surface area contributed by atoms with E-state index in [1.54, 1.807) is 6.07 Å². The molecule has 0 aliphatic rings. The molecule has 104 valence electrons. The summed E-state index contributed by atoms with van der Waals surface area (Å²) in [6.07, 6.45) is 0. The van der Waals surface area contributed by atoms with Gasteiger partial charge in [0.05, 0.1) is 10.6 Å². The summed E-state index contributed by atoms with van der Waals surface area (Å²) in [5.74, 6) is -1.89. The van der Waals surface area contributed by atoms with Crippen LogP contribution < -0.4 is 11.1 Å². The van der Waals surface area contributed by atoms with E-state index < -0.39 is 17.5 Å². The molecule has 2 aromatic carbocycles. The second-order valence-electron chi connectivity index (χ2n) is 4.19. The molecule has 3 N–H and O–H groups in total. The zero-order valence-electron chi connectivity index (χ0n) is 10.3. The van der Waals surface area contributed by atoms with Crippen molar-refractivity contribution >= 4 is 23.2 Å². The van der Waals surface area contributed by atoms with Crippen LogP contribution >= 0.6 is 11.6 Å². The van der Waals surface area contributed by atoms with Crippen LogP contribution in [0, 0.1) is 11.6 Å². The highest BCUT2D eigenvalue weighted by Gasteiger charge is 2.07. The number of rotatable bonds is 4. The highest BCUT2D eigenvalue weighted by molar-refractivity contribution is 6.34. The average molecular weight is 297 g/mol. The van der Waals surface area contributed by atoms with Gasteiger partial charge >= 0.3 is 0 Å². The number of amides is 1. The second kappa shape index (κ2) is 5.88. The molecule has 0 aliphatic carbocycles. The molecule has 0 unspecified atom stereocenters. The lowest BCUT2D eigenvalue weighted by Gasteiger charge is -2.08. The zero-order valence-corrected chi connectivity index (χ0v) is 11.0. The predicted molar refractivity (Wildman–Crippen MR) is 73.7 cm³/mol. The van der Waals surface area contributed by atoms with Crippen LogP contribution in [0.5, 0.6) is 0 Å². The van der Waals surface area contributed by atoms with E-state index in [0.717, 1.165) is 6.07 Å². The summed E-state index contributed by atoms with van der Waals surface area (Å²) in [4.78, 5) is 11.0. The second-order valence-corrected chi connectivity index (χ2v) is 4.60. The van der Waals surface area contributed by atoms with Crippen molar-refractivity contribution in [1.82, 2.24) is 0 Å². The van der Waals surface area contributed by atoms with E-state index in [1.807, 2.05) is 0 Å². The van der Waals surface area contributed by atoms with Crippen LogP contribution in [0.2, 0.25) is 5.02 Å². The lowest BCUT2D eigenvalue weighted by Crippen LogP contribution is -2.11. The number of benzene rings is 2. The molecule has 0 aromatic heterocycles.